The van der Waals surface area contributed by atoms with Gasteiger partial charge in [-0.3, -0.25) is 4.79 Å². The van der Waals surface area contributed by atoms with E-state index in [0.29, 0.717) is 34.2 Å². The monoisotopic (exact) mass is 399 g/mol. The molecule has 28 heavy (non-hydrogen) atoms. The van der Waals surface area contributed by atoms with Crippen LogP contribution < -0.4 is 14.8 Å². The number of methoxy groups -OCH3 is 2. The van der Waals surface area contributed by atoms with Crippen LogP contribution in [0.1, 0.15) is 28.5 Å². The molecule has 2 aromatic carbocycles. The summed E-state index contributed by atoms with van der Waals surface area (Å²) in [6.45, 7) is 3.88. The Morgan fingerprint density at radius 1 is 1.18 bits per heavy atom. The number of nitrogens with zero attached hydrogens (tertiary/aromatic N) is 2. The zero-order valence-corrected chi connectivity index (χ0v) is 17.0. The normalized spacial score (nSPS) is 10.6. The molecule has 0 fully saturated rings. The summed E-state index contributed by atoms with van der Waals surface area (Å²) < 4.78 is 12.4. The van der Waals surface area contributed by atoms with Crippen LogP contribution in [-0.2, 0) is 6.42 Å². The van der Waals surface area contributed by atoms with E-state index in [0.717, 1.165) is 16.9 Å². The van der Waals surface area contributed by atoms with Crippen molar-refractivity contribution < 1.29 is 14.3 Å². The third-order valence-corrected chi connectivity index (χ3v) is 4.72. The van der Waals surface area contributed by atoms with Crippen LogP contribution in [0.25, 0.3) is 5.69 Å². The fourth-order valence-corrected chi connectivity index (χ4v) is 3.22. The van der Waals surface area contributed by atoms with Crippen LogP contribution in [0, 0.1) is 6.92 Å². The van der Waals surface area contributed by atoms with Gasteiger partial charge in [-0.05, 0) is 43.2 Å². The number of hydrogen-bond acceptors (Lipinski definition) is 4. The Bertz CT molecular complexity index is 1010. The minimum atomic E-state index is -0.236. The number of ether oxygens (including phenoxy) is 2. The number of nitrogens with one attached hydrogen (secondary N) is 1. The van der Waals surface area contributed by atoms with Gasteiger partial charge in [0.25, 0.3) is 5.91 Å². The van der Waals surface area contributed by atoms with Crippen LogP contribution in [0.5, 0.6) is 11.5 Å². The lowest BCUT2D eigenvalue weighted by atomic mass is 10.1. The van der Waals surface area contributed by atoms with Gasteiger partial charge in [0.1, 0.15) is 0 Å². The highest BCUT2D eigenvalue weighted by Gasteiger charge is 2.19. The summed E-state index contributed by atoms with van der Waals surface area (Å²) in [6, 6.07) is 10.9. The average Bonchev–Trinajstić information content (AvgIpc) is 3.13. The number of amides is 1. The highest BCUT2D eigenvalue weighted by atomic mass is 35.5. The zero-order valence-electron chi connectivity index (χ0n) is 16.2. The standard InChI is InChI=1S/C21H22ClN3O3/c1-5-18-16(12-23-25(18)15-8-6-7-14(22)10-15)21(26)24-17-11-20(28-4)19(27-3)9-13(17)2/h6-12H,5H2,1-4H3,(H,24,26). The molecule has 1 heterocycles. The number of anilines is 1. The van der Waals surface area contributed by atoms with Crippen molar-refractivity contribution in [2.45, 2.75) is 20.3 Å². The molecule has 146 valence electrons. The summed E-state index contributed by atoms with van der Waals surface area (Å²) in [5.41, 5.74) is 3.65. The molecule has 0 radical (unpaired) electrons. The Balaban J connectivity index is 1.94. The molecule has 0 aliphatic heterocycles. The second-order valence-electron chi connectivity index (χ2n) is 6.23. The first kappa shape index (κ1) is 19.8. The lowest BCUT2D eigenvalue weighted by Crippen LogP contribution is -2.15. The first-order valence-corrected chi connectivity index (χ1v) is 9.23. The van der Waals surface area contributed by atoms with Gasteiger partial charge in [0.2, 0.25) is 0 Å². The number of rotatable bonds is 6. The minimum absolute atomic E-state index is 0.236. The van der Waals surface area contributed by atoms with Gasteiger partial charge in [0, 0.05) is 16.8 Å². The van der Waals surface area contributed by atoms with Gasteiger partial charge in [0.15, 0.2) is 11.5 Å². The first-order chi connectivity index (χ1) is 13.5. The Labute approximate surface area is 169 Å². The maximum atomic E-state index is 12.9. The van der Waals surface area contributed by atoms with Crippen molar-refractivity contribution in [3.8, 4) is 17.2 Å². The van der Waals surface area contributed by atoms with Crippen molar-refractivity contribution in [2.24, 2.45) is 0 Å². The second kappa shape index (κ2) is 8.35. The van der Waals surface area contributed by atoms with Crippen LogP contribution in [0.3, 0.4) is 0 Å². The average molecular weight is 400 g/mol. The fourth-order valence-electron chi connectivity index (χ4n) is 3.04. The van der Waals surface area contributed by atoms with E-state index in [-0.39, 0.29) is 5.91 Å². The zero-order chi connectivity index (χ0) is 20.3. The topological polar surface area (TPSA) is 65.4 Å². The summed E-state index contributed by atoms with van der Waals surface area (Å²) >= 11 is 6.10. The number of benzene rings is 2. The molecule has 3 rings (SSSR count). The summed E-state index contributed by atoms with van der Waals surface area (Å²) in [4.78, 5) is 12.9. The van der Waals surface area contributed by atoms with Crippen molar-refractivity contribution in [1.29, 1.82) is 0 Å². The van der Waals surface area contributed by atoms with Crippen LogP contribution in [0.15, 0.2) is 42.6 Å². The molecule has 0 aliphatic rings. The maximum Gasteiger partial charge on any atom is 0.259 e. The van der Waals surface area contributed by atoms with E-state index in [1.807, 2.05) is 38.1 Å². The number of aryl methyl sites for hydroxylation is 1. The third kappa shape index (κ3) is 3.82. The molecule has 6 nitrogen and oxygen atoms in total. The van der Waals surface area contributed by atoms with Gasteiger partial charge in [0.05, 0.1) is 37.4 Å². The molecule has 0 aliphatic carbocycles. The fraction of sp³-hybridized carbons (Fsp3) is 0.238. The summed E-state index contributed by atoms with van der Waals surface area (Å²) in [5, 5.41) is 7.96. The molecule has 0 atom stereocenters. The summed E-state index contributed by atoms with van der Waals surface area (Å²) in [7, 11) is 3.14. The molecule has 1 amide bonds. The summed E-state index contributed by atoms with van der Waals surface area (Å²) in [5.74, 6) is 0.926. The molecule has 1 aromatic heterocycles. The molecular weight excluding hydrogens is 378 g/mol. The molecule has 0 spiro atoms. The number of hydrogen-bond donors (Lipinski definition) is 1. The smallest absolute Gasteiger partial charge is 0.259 e. The van der Waals surface area contributed by atoms with Crippen molar-refractivity contribution in [3.63, 3.8) is 0 Å². The van der Waals surface area contributed by atoms with E-state index < -0.39 is 0 Å². The Morgan fingerprint density at radius 3 is 2.54 bits per heavy atom. The van der Waals surface area contributed by atoms with Crippen LogP contribution in [-0.4, -0.2) is 29.9 Å². The van der Waals surface area contributed by atoms with Gasteiger partial charge in [-0.25, -0.2) is 4.68 Å². The largest absolute Gasteiger partial charge is 0.493 e. The molecule has 0 saturated carbocycles. The third-order valence-electron chi connectivity index (χ3n) is 4.48. The minimum Gasteiger partial charge on any atom is -0.493 e. The van der Waals surface area contributed by atoms with E-state index in [2.05, 4.69) is 10.4 Å². The molecule has 0 bridgehead atoms. The van der Waals surface area contributed by atoms with Crippen molar-refractivity contribution in [1.82, 2.24) is 9.78 Å². The van der Waals surface area contributed by atoms with Crippen molar-refractivity contribution >= 4 is 23.2 Å². The van der Waals surface area contributed by atoms with Gasteiger partial charge in [-0.1, -0.05) is 24.6 Å². The van der Waals surface area contributed by atoms with E-state index in [9.17, 15) is 4.79 Å². The lowest BCUT2D eigenvalue weighted by molar-refractivity contribution is 0.102. The maximum absolute atomic E-state index is 12.9. The summed E-state index contributed by atoms with van der Waals surface area (Å²) in [6.07, 6.45) is 2.21. The molecule has 1 N–H and O–H groups in total. The number of carbonyl (C=O) groups excluding carboxylic acids is 1. The van der Waals surface area contributed by atoms with Crippen LogP contribution in [0.4, 0.5) is 5.69 Å². The lowest BCUT2D eigenvalue weighted by Gasteiger charge is -2.14. The highest BCUT2D eigenvalue weighted by molar-refractivity contribution is 6.30. The predicted octanol–water partition coefficient (Wildman–Crippen LogP) is 4.67. The van der Waals surface area contributed by atoms with Crippen molar-refractivity contribution in [3.05, 3.63) is 64.4 Å². The van der Waals surface area contributed by atoms with Crippen molar-refractivity contribution in [2.75, 3.05) is 19.5 Å². The van der Waals surface area contributed by atoms with E-state index in [4.69, 9.17) is 21.1 Å². The second-order valence-corrected chi connectivity index (χ2v) is 6.66. The number of carbonyl (C=O) groups is 1. The molecular formula is C21H22ClN3O3. The Hall–Kier alpha value is -2.99. The van der Waals surface area contributed by atoms with Crippen LogP contribution >= 0.6 is 11.6 Å². The SMILES string of the molecule is CCc1c(C(=O)Nc2cc(OC)c(OC)cc2C)cnn1-c1cccc(Cl)c1. The van der Waals surface area contributed by atoms with E-state index in [1.54, 1.807) is 37.2 Å². The van der Waals surface area contributed by atoms with Gasteiger partial charge in [-0.15, -0.1) is 0 Å². The van der Waals surface area contributed by atoms with E-state index >= 15 is 0 Å². The molecule has 0 unspecified atom stereocenters. The Morgan fingerprint density at radius 2 is 1.89 bits per heavy atom. The van der Waals surface area contributed by atoms with E-state index in [1.165, 1.54) is 0 Å². The molecule has 7 heteroatoms. The first-order valence-electron chi connectivity index (χ1n) is 8.85. The number of aromatic nitrogens is 2. The van der Waals surface area contributed by atoms with Crippen LogP contribution in [0.2, 0.25) is 5.02 Å². The number of halogens is 1. The van der Waals surface area contributed by atoms with Gasteiger partial charge >= 0.3 is 0 Å². The highest BCUT2D eigenvalue weighted by Crippen LogP contribution is 2.33. The Kier molecular flexibility index (Phi) is 5.90. The predicted molar refractivity (Wildman–Crippen MR) is 110 cm³/mol. The van der Waals surface area contributed by atoms with Gasteiger partial charge < -0.3 is 14.8 Å². The quantitative estimate of drug-likeness (QED) is 0.654. The molecule has 0 saturated heterocycles. The van der Waals surface area contributed by atoms with Gasteiger partial charge in [-0.2, -0.15) is 5.10 Å². The molecule has 3 aromatic rings.